The molecule has 13 heavy (non-hydrogen) atoms. The van der Waals surface area contributed by atoms with Gasteiger partial charge in [0.25, 0.3) is 0 Å². The summed E-state index contributed by atoms with van der Waals surface area (Å²) in [5, 5.41) is 0. The van der Waals surface area contributed by atoms with Gasteiger partial charge in [-0.3, -0.25) is 4.79 Å². The molecule has 1 saturated heterocycles. The van der Waals surface area contributed by atoms with Crippen LogP contribution in [0.5, 0.6) is 0 Å². The minimum atomic E-state index is -0.525. The van der Waals surface area contributed by atoms with Crippen molar-refractivity contribution in [1.29, 1.82) is 0 Å². The van der Waals surface area contributed by atoms with Crippen molar-refractivity contribution in [3.05, 3.63) is 0 Å². The zero-order valence-electron chi connectivity index (χ0n) is 8.07. The predicted octanol–water partition coefficient (Wildman–Crippen LogP) is -1.95. The van der Waals surface area contributed by atoms with Crippen LogP contribution in [0.3, 0.4) is 0 Å². The van der Waals surface area contributed by atoms with Crippen LogP contribution in [0.25, 0.3) is 0 Å². The second-order valence-corrected chi connectivity index (χ2v) is 3.47. The number of amides is 1. The third-order valence-corrected chi connectivity index (χ3v) is 2.39. The number of piperazine rings is 1. The molecule has 1 unspecified atom stereocenters. The molecule has 1 fully saturated rings. The fourth-order valence-corrected chi connectivity index (χ4v) is 1.36. The van der Waals surface area contributed by atoms with Gasteiger partial charge in [-0.05, 0) is 7.05 Å². The molecule has 1 heterocycles. The minimum Gasteiger partial charge on any atom is -0.339 e. The fourth-order valence-electron chi connectivity index (χ4n) is 1.36. The van der Waals surface area contributed by atoms with E-state index in [1.54, 1.807) is 4.90 Å². The molecule has 0 aromatic rings. The number of carbonyl (C=O) groups is 1. The van der Waals surface area contributed by atoms with E-state index in [1.165, 1.54) is 0 Å². The van der Waals surface area contributed by atoms with Crippen molar-refractivity contribution in [3.8, 4) is 0 Å². The highest BCUT2D eigenvalue weighted by atomic mass is 16.2. The first-order valence-corrected chi connectivity index (χ1v) is 4.58. The molecule has 5 heteroatoms. The van der Waals surface area contributed by atoms with Crippen LogP contribution in [0.1, 0.15) is 0 Å². The summed E-state index contributed by atoms with van der Waals surface area (Å²) in [5.74, 6) is -0.0180. The smallest absolute Gasteiger partial charge is 0.240 e. The van der Waals surface area contributed by atoms with Crippen LogP contribution in [0.4, 0.5) is 0 Å². The molecule has 1 aliphatic rings. The Morgan fingerprint density at radius 1 is 1.38 bits per heavy atom. The van der Waals surface area contributed by atoms with Crippen LogP contribution in [0.2, 0.25) is 0 Å². The average molecular weight is 186 g/mol. The quantitative estimate of drug-likeness (QED) is 0.525. The average Bonchev–Trinajstić information content (AvgIpc) is 2.17. The van der Waals surface area contributed by atoms with E-state index >= 15 is 0 Å². The van der Waals surface area contributed by atoms with Crippen molar-refractivity contribution in [2.45, 2.75) is 6.04 Å². The molecular weight excluding hydrogens is 168 g/mol. The van der Waals surface area contributed by atoms with Crippen molar-refractivity contribution in [3.63, 3.8) is 0 Å². The number of likely N-dealkylation sites (N-methyl/N-ethyl adjacent to an activating group) is 1. The van der Waals surface area contributed by atoms with Gasteiger partial charge in [0, 0.05) is 32.7 Å². The Morgan fingerprint density at radius 2 is 1.92 bits per heavy atom. The monoisotopic (exact) mass is 186 g/mol. The maximum atomic E-state index is 11.5. The molecule has 4 N–H and O–H groups in total. The Bertz CT molecular complexity index is 177. The summed E-state index contributed by atoms with van der Waals surface area (Å²) >= 11 is 0. The molecule has 0 bridgehead atoms. The van der Waals surface area contributed by atoms with E-state index in [4.69, 9.17) is 11.5 Å². The zero-order chi connectivity index (χ0) is 9.84. The van der Waals surface area contributed by atoms with E-state index in [0.717, 1.165) is 26.2 Å². The van der Waals surface area contributed by atoms with Crippen LogP contribution >= 0.6 is 0 Å². The molecule has 1 rings (SSSR count). The third kappa shape index (κ3) is 2.65. The second-order valence-electron chi connectivity index (χ2n) is 3.47. The summed E-state index contributed by atoms with van der Waals surface area (Å²) in [4.78, 5) is 15.5. The first-order valence-electron chi connectivity index (χ1n) is 4.58. The van der Waals surface area contributed by atoms with E-state index in [-0.39, 0.29) is 12.5 Å². The molecule has 1 aliphatic heterocycles. The van der Waals surface area contributed by atoms with Crippen molar-refractivity contribution >= 4 is 5.91 Å². The first kappa shape index (κ1) is 10.4. The molecule has 76 valence electrons. The normalized spacial score (nSPS) is 21.6. The first-order chi connectivity index (χ1) is 6.15. The highest BCUT2D eigenvalue weighted by Crippen LogP contribution is 2.00. The molecule has 1 amide bonds. The van der Waals surface area contributed by atoms with Crippen molar-refractivity contribution in [2.24, 2.45) is 11.5 Å². The van der Waals surface area contributed by atoms with Gasteiger partial charge in [0.15, 0.2) is 0 Å². The summed E-state index contributed by atoms with van der Waals surface area (Å²) in [6, 6.07) is -0.525. The van der Waals surface area contributed by atoms with Gasteiger partial charge in [-0.25, -0.2) is 0 Å². The molecule has 0 radical (unpaired) electrons. The summed E-state index contributed by atoms with van der Waals surface area (Å²) in [6.45, 7) is 3.60. The number of rotatable bonds is 2. The van der Waals surface area contributed by atoms with Crippen molar-refractivity contribution in [1.82, 2.24) is 9.80 Å². The largest absolute Gasteiger partial charge is 0.339 e. The van der Waals surface area contributed by atoms with Crippen LogP contribution in [0, 0.1) is 0 Å². The number of nitrogens with two attached hydrogens (primary N) is 2. The third-order valence-electron chi connectivity index (χ3n) is 2.39. The number of hydrogen-bond acceptors (Lipinski definition) is 4. The van der Waals surface area contributed by atoms with E-state index in [9.17, 15) is 4.79 Å². The van der Waals surface area contributed by atoms with E-state index in [0.29, 0.717) is 0 Å². The Hall–Kier alpha value is -0.650. The van der Waals surface area contributed by atoms with Crippen molar-refractivity contribution < 1.29 is 4.79 Å². The van der Waals surface area contributed by atoms with E-state index < -0.39 is 6.04 Å². The fraction of sp³-hybridized carbons (Fsp3) is 0.875. The molecule has 0 aromatic carbocycles. The SMILES string of the molecule is CN1CCN(C(=O)C(N)CN)CC1. The number of hydrogen-bond donors (Lipinski definition) is 2. The molecule has 5 nitrogen and oxygen atoms in total. The van der Waals surface area contributed by atoms with Crippen LogP contribution in [0.15, 0.2) is 0 Å². The maximum Gasteiger partial charge on any atom is 0.240 e. The lowest BCUT2D eigenvalue weighted by molar-refractivity contribution is -0.133. The van der Waals surface area contributed by atoms with Gasteiger partial charge in [0.05, 0.1) is 6.04 Å². The van der Waals surface area contributed by atoms with Gasteiger partial charge in [-0.1, -0.05) is 0 Å². The Morgan fingerprint density at radius 3 is 2.38 bits per heavy atom. The molecule has 0 saturated carbocycles. The minimum absolute atomic E-state index is 0.0180. The van der Waals surface area contributed by atoms with Gasteiger partial charge in [0.2, 0.25) is 5.91 Å². The van der Waals surface area contributed by atoms with E-state index in [2.05, 4.69) is 4.90 Å². The number of carbonyl (C=O) groups excluding carboxylic acids is 1. The Kier molecular flexibility index (Phi) is 3.65. The highest BCUT2D eigenvalue weighted by molar-refractivity contribution is 5.82. The maximum absolute atomic E-state index is 11.5. The van der Waals surface area contributed by atoms with Gasteiger partial charge < -0.3 is 21.3 Å². The molecular formula is C8H18N4O. The second kappa shape index (κ2) is 4.55. The molecule has 0 aliphatic carbocycles. The lowest BCUT2D eigenvalue weighted by Gasteiger charge is -2.33. The summed E-state index contributed by atoms with van der Waals surface area (Å²) in [6.07, 6.45) is 0. The summed E-state index contributed by atoms with van der Waals surface area (Å²) in [7, 11) is 2.05. The van der Waals surface area contributed by atoms with Crippen LogP contribution < -0.4 is 11.5 Å². The summed E-state index contributed by atoms with van der Waals surface area (Å²) < 4.78 is 0. The number of nitrogens with zero attached hydrogens (tertiary/aromatic N) is 2. The standard InChI is InChI=1S/C8H18N4O/c1-11-2-4-12(5-3-11)8(13)7(10)6-9/h7H,2-6,9-10H2,1H3. The summed E-state index contributed by atoms with van der Waals surface area (Å²) in [5.41, 5.74) is 10.9. The molecule has 1 atom stereocenters. The Labute approximate surface area is 78.6 Å². The van der Waals surface area contributed by atoms with Crippen molar-refractivity contribution in [2.75, 3.05) is 39.8 Å². The van der Waals surface area contributed by atoms with E-state index in [1.807, 2.05) is 7.05 Å². The lowest BCUT2D eigenvalue weighted by Crippen LogP contribution is -2.54. The van der Waals surface area contributed by atoms with Crippen LogP contribution in [-0.4, -0.2) is 61.5 Å². The molecule has 0 spiro atoms. The van der Waals surface area contributed by atoms with Crippen LogP contribution in [-0.2, 0) is 4.79 Å². The molecule has 0 aromatic heterocycles. The topological polar surface area (TPSA) is 75.6 Å². The predicted molar refractivity (Wildman–Crippen MR) is 51.1 cm³/mol. The lowest BCUT2D eigenvalue weighted by atomic mass is 10.2. The Balaban J connectivity index is 2.40. The van der Waals surface area contributed by atoms with Gasteiger partial charge >= 0.3 is 0 Å². The van der Waals surface area contributed by atoms with Gasteiger partial charge in [-0.15, -0.1) is 0 Å². The van der Waals surface area contributed by atoms with Gasteiger partial charge in [0.1, 0.15) is 0 Å². The highest BCUT2D eigenvalue weighted by Gasteiger charge is 2.22. The zero-order valence-corrected chi connectivity index (χ0v) is 8.07. The van der Waals surface area contributed by atoms with Gasteiger partial charge in [-0.2, -0.15) is 0 Å².